The second-order valence-electron chi connectivity index (χ2n) is 6.19. The molecule has 2 aliphatic heterocycles. The molecular weight excluding hydrogens is 258 g/mol. The molecule has 0 radical (unpaired) electrons. The van der Waals surface area contributed by atoms with Gasteiger partial charge in [-0.2, -0.15) is 0 Å². The Hall–Kier alpha value is -1.00. The van der Waals surface area contributed by atoms with Crippen LogP contribution < -0.4 is 5.32 Å². The summed E-state index contributed by atoms with van der Waals surface area (Å²) in [4.78, 5) is 2.51. The summed E-state index contributed by atoms with van der Waals surface area (Å²) in [5, 5.41) is 3.46. The van der Waals surface area contributed by atoms with Crippen LogP contribution in [0.1, 0.15) is 37.7 Å². The first kappa shape index (κ1) is 14.0. The van der Waals surface area contributed by atoms with Crippen LogP contribution in [-0.4, -0.2) is 30.1 Å². The molecule has 2 unspecified atom stereocenters. The summed E-state index contributed by atoms with van der Waals surface area (Å²) in [7, 11) is 2.23. The van der Waals surface area contributed by atoms with E-state index in [4.69, 9.17) is 0 Å². The minimum atomic E-state index is -0.514. The Morgan fingerprint density at radius 2 is 1.90 bits per heavy atom. The van der Waals surface area contributed by atoms with Crippen molar-refractivity contribution in [2.75, 3.05) is 7.05 Å². The van der Waals surface area contributed by atoms with E-state index in [-0.39, 0.29) is 0 Å². The average Bonchev–Trinajstić information content (AvgIpc) is 2.38. The molecule has 1 N–H and O–H groups in total. The van der Waals surface area contributed by atoms with E-state index >= 15 is 0 Å². The predicted molar refractivity (Wildman–Crippen MR) is 75.4 cm³/mol. The molecule has 2 aliphatic rings. The third kappa shape index (κ3) is 2.86. The lowest BCUT2D eigenvalue weighted by Crippen LogP contribution is -2.54. The molecule has 110 valence electrons. The van der Waals surface area contributed by atoms with Crippen LogP contribution in [0.5, 0.6) is 0 Å². The summed E-state index contributed by atoms with van der Waals surface area (Å²) in [6.45, 7) is 0.486. The van der Waals surface area contributed by atoms with Crippen molar-refractivity contribution in [2.45, 2.75) is 56.8 Å². The molecule has 2 nitrogen and oxygen atoms in total. The quantitative estimate of drug-likeness (QED) is 0.915. The fourth-order valence-corrected chi connectivity index (χ4v) is 3.70. The molecular formula is C16H22F2N2. The Kier molecular flexibility index (Phi) is 4.03. The first-order valence-electron chi connectivity index (χ1n) is 7.52. The van der Waals surface area contributed by atoms with Crippen molar-refractivity contribution in [1.82, 2.24) is 10.2 Å². The number of rotatable bonds is 3. The van der Waals surface area contributed by atoms with Gasteiger partial charge in [-0.1, -0.05) is 12.5 Å². The van der Waals surface area contributed by atoms with E-state index in [1.165, 1.54) is 31.4 Å². The van der Waals surface area contributed by atoms with E-state index in [0.717, 1.165) is 18.9 Å². The molecule has 0 aromatic heterocycles. The van der Waals surface area contributed by atoms with Crippen molar-refractivity contribution in [2.24, 2.45) is 0 Å². The molecule has 2 bridgehead atoms. The normalized spacial score (nSPS) is 30.4. The molecule has 20 heavy (non-hydrogen) atoms. The van der Waals surface area contributed by atoms with Crippen LogP contribution in [0.2, 0.25) is 0 Å². The first-order chi connectivity index (χ1) is 9.63. The van der Waals surface area contributed by atoms with Crippen molar-refractivity contribution in [1.29, 1.82) is 0 Å². The van der Waals surface area contributed by atoms with Crippen LogP contribution in [0.15, 0.2) is 18.2 Å². The first-order valence-corrected chi connectivity index (χ1v) is 7.52. The average molecular weight is 280 g/mol. The molecule has 1 aromatic rings. The van der Waals surface area contributed by atoms with Crippen LogP contribution in [0.3, 0.4) is 0 Å². The van der Waals surface area contributed by atoms with Crippen molar-refractivity contribution >= 4 is 0 Å². The van der Waals surface area contributed by atoms with Crippen LogP contribution in [0, 0.1) is 11.6 Å². The zero-order valence-corrected chi connectivity index (χ0v) is 11.9. The number of hydrogen-bond acceptors (Lipinski definition) is 2. The minimum absolute atomic E-state index is 0.450. The number of halogens is 2. The highest BCUT2D eigenvalue weighted by Crippen LogP contribution is 2.32. The zero-order valence-electron chi connectivity index (χ0n) is 11.9. The third-order valence-electron chi connectivity index (χ3n) is 4.94. The Morgan fingerprint density at radius 1 is 1.20 bits per heavy atom. The van der Waals surface area contributed by atoms with E-state index in [1.54, 1.807) is 0 Å². The van der Waals surface area contributed by atoms with Gasteiger partial charge in [-0.25, -0.2) is 8.78 Å². The fourth-order valence-electron chi connectivity index (χ4n) is 3.70. The van der Waals surface area contributed by atoms with Crippen LogP contribution >= 0.6 is 0 Å². The Balaban J connectivity index is 1.59. The van der Waals surface area contributed by atoms with Gasteiger partial charge in [-0.3, -0.25) is 0 Å². The van der Waals surface area contributed by atoms with Crippen molar-refractivity contribution in [3.05, 3.63) is 35.4 Å². The molecule has 2 saturated heterocycles. The van der Waals surface area contributed by atoms with Crippen LogP contribution in [-0.2, 0) is 6.54 Å². The predicted octanol–water partition coefficient (Wildman–Crippen LogP) is 3.07. The summed E-state index contributed by atoms with van der Waals surface area (Å²) in [6.07, 6.45) is 6.15. The van der Waals surface area contributed by atoms with Gasteiger partial charge in [0.25, 0.3) is 0 Å². The van der Waals surface area contributed by atoms with E-state index in [2.05, 4.69) is 17.3 Å². The number of hydrogen-bond donors (Lipinski definition) is 1. The summed E-state index contributed by atoms with van der Waals surface area (Å²) in [5.41, 5.74) is 0.551. The minimum Gasteiger partial charge on any atom is -0.310 e. The maximum Gasteiger partial charge on any atom is 0.130 e. The van der Waals surface area contributed by atoms with E-state index < -0.39 is 11.6 Å². The number of benzene rings is 1. The van der Waals surface area contributed by atoms with Crippen LogP contribution in [0.25, 0.3) is 0 Å². The van der Waals surface area contributed by atoms with Gasteiger partial charge in [0.05, 0.1) is 0 Å². The van der Waals surface area contributed by atoms with Gasteiger partial charge in [-0.15, -0.1) is 0 Å². The maximum absolute atomic E-state index is 13.6. The molecule has 0 amide bonds. The van der Waals surface area contributed by atoms with Gasteiger partial charge in [0.1, 0.15) is 11.6 Å². The number of piperidine rings is 2. The molecule has 3 rings (SSSR count). The standard InChI is InChI=1S/C16H22F2N2/c1-20-14-3-2-4-15(20)9-13(8-14)19-10-11-5-6-12(17)7-16(11)18/h5-7,13-15,19H,2-4,8-10H2,1H3. The lowest BCUT2D eigenvalue weighted by atomic mass is 9.82. The Morgan fingerprint density at radius 3 is 2.55 bits per heavy atom. The zero-order chi connectivity index (χ0) is 14.1. The lowest BCUT2D eigenvalue weighted by molar-refractivity contribution is 0.0482. The van der Waals surface area contributed by atoms with Gasteiger partial charge < -0.3 is 10.2 Å². The molecule has 0 saturated carbocycles. The highest BCUT2D eigenvalue weighted by Gasteiger charge is 2.35. The van der Waals surface area contributed by atoms with E-state index in [1.807, 2.05) is 0 Å². The maximum atomic E-state index is 13.6. The number of fused-ring (bicyclic) bond motifs is 2. The highest BCUT2D eigenvalue weighted by molar-refractivity contribution is 5.18. The van der Waals surface area contributed by atoms with Crippen LogP contribution in [0.4, 0.5) is 8.78 Å². The fraction of sp³-hybridized carbons (Fsp3) is 0.625. The highest BCUT2D eigenvalue weighted by atomic mass is 19.1. The van der Waals surface area contributed by atoms with Crippen molar-refractivity contribution in [3.63, 3.8) is 0 Å². The number of nitrogens with zero attached hydrogens (tertiary/aromatic N) is 1. The van der Waals surface area contributed by atoms with Gasteiger partial charge in [0.15, 0.2) is 0 Å². The molecule has 2 fully saturated rings. The summed E-state index contributed by atoms with van der Waals surface area (Å²) in [6, 6.07) is 5.60. The largest absolute Gasteiger partial charge is 0.310 e. The van der Waals surface area contributed by atoms with Crippen molar-refractivity contribution in [3.8, 4) is 0 Å². The molecule has 0 aliphatic carbocycles. The third-order valence-corrected chi connectivity index (χ3v) is 4.94. The lowest BCUT2D eigenvalue weighted by Gasteiger charge is -2.47. The van der Waals surface area contributed by atoms with E-state index in [0.29, 0.717) is 30.2 Å². The summed E-state index contributed by atoms with van der Waals surface area (Å²) >= 11 is 0. The summed E-state index contributed by atoms with van der Waals surface area (Å²) < 4.78 is 26.5. The van der Waals surface area contributed by atoms with Gasteiger partial charge in [-0.05, 0) is 38.8 Å². The topological polar surface area (TPSA) is 15.3 Å². The Labute approximate surface area is 119 Å². The Bertz CT molecular complexity index is 464. The van der Waals surface area contributed by atoms with Gasteiger partial charge >= 0.3 is 0 Å². The molecule has 2 atom stereocenters. The molecule has 0 spiro atoms. The van der Waals surface area contributed by atoms with Gasteiger partial charge in [0, 0.05) is 36.3 Å². The summed E-state index contributed by atoms with van der Waals surface area (Å²) in [5.74, 6) is -0.967. The molecule has 1 aromatic carbocycles. The second kappa shape index (κ2) is 5.78. The SMILES string of the molecule is CN1C2CCCC1CC(NCc1ccc(F)cc1F)C2. The monoisotopic (exact) mass is 280 g/mol. The second-order valence-corrected chi connectivity index (χ2v) is 6.19. The molecule has 4 heteroatoms. The molecule has 2 heterocycles. The smallest absolute Gasteiger partial charge is 0.130 e. The van der Waals surface area contributed by atoms with Crippen molar-refractivity contribution < 1.29 is 8.78 Å². The van der Waals surface area contributed by atoms with Gasteiger partial charge in [0.2, 0.25) is 0 Å². The van der Waals surface area contributed by atoms with E-state index in [9.17, 15) is 8.78 Å². The number of nitrogens with one attached hydrogen (secondary N) is 1.